The molecule has 1 aliphatic heterocycles. The second-order valence-electron chi connectivity index (χ2n) is 6.85. The van der Waals surface area contributed by atoms with Gasteiger partial charge in [-0.1, -0.05) is 13.0 Å². The van der Waals surface area contributed by atoms with Crippen molar-refractivity contribution in [2.75, 3.05) is 25.2 Å². The van der Waals surface area contributed by atoms with Crippen LogP contribution in [0.1, 0.15) is 41.3 Å². The molecule has 0 saturated carbocycles. The topological polar surface area (TPSA) is 76.6 Å². The van der Waals surface area contributed by atoms with Gasteiger partial charge in [-0.25, -0.2) is 9.97 Å². The van der Waals surface area contributed by atoms with Gasteiger partial charge in [-0.15, -0.1) is 13.2 Å². The highest BCUT2D eigenvalue weighted by atomic mass is 19.4. The van der Waals surface area contributed by atoms with Crippen LogP contribution in [0, 0.1) is 0 Å². The van der Waals surface area contributed by atoms with Crippen LogP contribution < -0.4 is 10.1 Å². The van der Waals surface area contributed by atoms with E-state index in [-0.39, 0.29) is 30.9 Å². The second kappa shape index (κ2) is 9.75. The number of halogens is 3. The molecular formula is C20H23F3N4O3. The second-order valence-corrected chi connectivity index (χ2v) is 6.85. The molecule has 1 amide bonds. The van der Waals surface area contributed by atoms with Crippen molar-refractivity contribution in [3.63, 3.8) is 0 Å². The van der Waals surface area contributed by atoms with Crippen molar-refractivity contribution in [3.8, 4) is 5.75 Å². The molecule has 1 aliphatic rings. The molecule has 0 bridgehead atoms. The Labute approximate surface area is 172 Å². The molecule has 0 atom stereocenters. The molecule has 1 N–H and O–H groups in total. The summed E-state index contributed by atoms with van der Waals surface area (Å²) in [5.74, 6) is -0.202. The van der Waals surface area contributed by atoms with Crippen LogP contribution in [0.15, 0.2) is 30.6 Å². The van der Waals surface area contributed by atoms with Gasteiger partial charge in [0, 0.05) is 32.1 Å². The number of aromatic nitrogens is 2. The molecule has 0 unspecified atom stereocenters. The molecule has 0 aliphatic carbocycles. The first kappa shape index (κ1) is 21.8. The first-order chi connectivity index (χ1) is 14.3. The first-order valence-corrected chi connectivity index (χ1v) is 9.65. The van der Waals surface area contributed by atoms with Gasteiger partial charge in [0.05, 0.1) is 5.56 Å². The monoisotopic (exact) mass is 424 g/mol. The predicted octanol–water partition coefficient (Wildman–Crippen LogP) is 3.76. The number of aryl methyl sites for hydroxylation is 1. The summed E-state index contributed by atoms with van der Waals surface area (Å²) in [6.07, 6.45) is 0.449. The summed E-state index contributed by atoms with van der Waals surface area (Å²) in [6.45, 7) is 3.55. The molecule has 0 radical (unpaired) electrons. The normalized spacial score (nSPS) is 14.9. The first-order valence-electron chi connectivity index (χ1n) is 9.65. The van der Waals surface area contributed by atoms with Crippen LogP contribution in [-0.4, -0.2) is 47.0 Å². The molecule has 10 heteroatoms. The van der Waals surface area contributed by atoms with Gasteiger partial charge in [0.15, 0.2) is 0 Å². The highest BCUT2D eigenvalue weighted by Gasteiger charge is 2.31. The number of anilines is 1. The van der Waals surface area contributed by atoms with Crippen LogP contribution >= 0.6 is 0 Å². The zero-order valence-electron chi connectivity index (χ0n) is 16.5. The average molecular weight is 424 g/mol. The van der Waals surface area contributed by atoms with E-state index < -0.39 is 6.36 Å². The number of hydrogen-bond acceptors (Lipinski definition) is 6. The van der Waals surface area contributed by atoms with Gasteiger partial charge in [-0.2, -0.15) is 0 Å². The van der Waals surface area contributed by atoms with Crippen LogP contribution in [0.3, 0.4) is 0 Å². The zero-order valence-corrected chi connectivity index (χ0v) is 16.5. The Kier molecular flexibility index (Phi) is 7.09. The molecule has 1 aromatic heterocycles. The number of carbonyl (C=O) groups excluding carboxylic acids is 1. The van der Waals surface area contributed by atoms with E-state index in [1.807, 2.05) is 6.92 Å². The minimum absolute atomic E-state index is 0.201. The predicted molar refractivity (Wildman–Crippen MR) is 103 cm³/mol. The van der Waals surface area contributed by atoms with Gasteiger partial charge < -0.3 is 19.7 Å². The minimum Gasteiger partial charge on any atom is -0.406 e. The number of carbonyl (C=O) groups is 1. The fourth-order valence-corrected chi connectivity index (χ4v) is 3.03. The van der Waals surface area contributed by atoms with E-state index in [2.05, 4.69) is 20.0 Å². The molecule has 7 nitrogen and oxygen atoms in total. The number of alkyl halides is 3. The van der Waals surface area contributed by atoms with E-state index in [0.29, 0.717) is 30.7 Å². The van der Waals surface area contributed by atoms with Crippen molar-refractivity contribution in [2.24, 2.45) is 0 Å². The fourth-order valence-electron chi connectivity index (χ4n) is 3.03. The molecule has 162 valence electrons. The Morgan fingerprint density at radius 1 is 1.20 bits per heavy atom. The number of hydrogen-bond donors (Lipinski definition) is 1. The fraction of sp³-hybridized carbons (Fsp3) is 0.450. The largest absolute Gasteiger partial charge is 0.573 e. The van der Waals surface area contributed by atoms with Crippen molar-refractivity contribution in [3.05, 3.63) is 47.3 Å². The summed E-state index contributed by atoms with van der Waals surface area (Å²) in [5.41, 5.74) is 1.66. The van der Waals surface area contributed by atoms with Crippen LogP contribution in [0.25, 0.3) is 0 Å². The summed E-state index contributed by atoms with van der Waals surface area (Å²) < 4.78 is 47.0. The van der Waals surface area contributed by atoms with Gasteiger partial charge in [0.1, 0.15) is 12.5 Å². The number of nitrogens with zero attached hydrogens (tertiary/aromatic N) is 3. The molecule has 1 saturated heterocycles. The van der Waals surface area contributed by atoms with Crippen molar-refractivity contribution >= 4 is 11.9 Å². The summed E-state index contributed by atoms with van der Waals surface area (Å²) in [7, 11) is 0. The summed E-state index contributed by atoms with van der Waals surface area (Å²) >= 11 is 0. The van der Waals surface area contributed by atoms with Crippen LogP contribution in [-0.2, 0) is 17.7 Å². The van der Waals surface area contributed by atoms with Crippen molar-refractivity contribution in [1.82, 2.24) is 14.9 Å². The third-order valence-corrected chi connectivity index (χ3v) is 4.52. The molecule has 3 rings (SSSR count). The van der Waals surface area contributed by atoms with Gasteiger partial charge in [0.25, 0.3) is 5.91 Å². The maximum atomic E-state index is 12.5. The molecule has 1 fully saturated rings. The van der Waals surface area contributed by atoms with E-state index in [1.165, 1.54) is 24.5 Å². The minimum atomic E-state index is -4.75. The standard InChI is InChI=1S/C20H23F3N4O3/c1-2-14-7-15(9-17(8-14)30-20(21,22)23)10-24-19-25-11-16(12-26-19)18(28)27-5-3-4-6-29-13-27/h7-9,11-12H,2-6,10,13H2,1H3,(H,24,25,26). The lowest BCUT2D eigenvalue weighted by Crippen LogP contribution is -2.32. The lowest BCUT2D eigenvalue weighted by Gasteiger charge is -2.19. The number of rotatable bonds is 6. The average Bonchev–Trinajstić information content (AvgIpc) is 3.00. The third kappa shape index (κ3) is 6.31. The summed E-state index contributed by atoms with van der Waals surface area (Å²) in [4.78, 5) is 22.4. The Balaban J connectivity index is 1.63. The number of benzene rings is 1. The van der Waals surface area contributed by atoms with E-state index in [0.717, 1.165) is 18.4 Å². The Hall–Kier alpha value is -2.88. The Morgan fingerprint density at radius 3 is 2.63 bits per heavy atom. The number of amides is 1. The Morgan fingerprint density at radius 2 is 1.93 bits per heavy atom. The highest BCUT2D eigenvalue weighted by Crippen LogP contribution is 2.25. The Bertz CT molecular complexity index is 851. The van der Waals surface area contributed by atoms with Gasteiger partial charge in [-0.3, -0.25) is 4.79 Å². The van der Waals surface area contributed by atoms with Crippen molar-refractivity contribution in [1.29, 1.82) is 0 Å². The summed E-state index contributed by atoms with van der Waals surface area (Å²) in [5, 5.41) is 2.95. The van der Waals surface area contributed by atoms with E-state index in [4.69, 9.17) is 4.74 Å². The van der Waals surface area contributed by atoms with Crippen LogP contribution in [0.2, 0.25) is 0 Å². The maximum absolute atomic E-state index is 12.5. The smallest absolute Gasteiger partial charge is 0.406 e. The van der Waals surface area contributed by atoms with Crippen LogP contribution in [0.5, 0.6) is 5.75 Å². The van der Waals surface area contributed by atoms with Crippen molar-refractivity contribution < 1.29 is 27.4 Å². The lowest BCUT2D eigenvalue weighted by molar-refractivity contribution is -0.274. The van der Waals surface area contributed by atoms with E-state index in [1.54, 1.807) is 11.0 Å². The molecule has 2 heterocycles. The van der Waals surface area contributed by atoms with E-state index in [9.17, 15) is 18.0 Å². The van der Waals surface area contributed by atoms with E-state index >= 15 is 0 Å². The van der Waals surface area contributed by atoms with Crippen molar-refractivity contribution in [2.45, 2.75) is 39.1 Å². The maximum Gasteiger partial charge on any atom is 0.573 e. The van der Waals surface area contributed by atoms with Gasteiger partial charge >= 0.3 is 6.36 Å². The third-order valence-electron chi connectivity index (χ3n) is 4.52. The number of nitrogens with one attached hydrogen (secondary N) is 1. The SMILES string of the molecule is CCc1cc(CNc2ncc(C(=O)N3CCCCOC3)cn2)cc(OC(F)(F)F)c1. The molecule has 30 heavy (non-hydrogen) atoms. The number of ether oxygens (including phenoxy) is 2. The summed E-state index contributed by atoms with van der Waals surface area (Å²) in [6, 6.07) is 4.46. The highest BCUT2D eigenvalue weighted by molar-refractivity contribution is 5.93. The quantitative estimate of drug-likeness (QED) is 0.761. The molecule has 1 aromatic carbocycles. The molecule has 2 aromatic rings. The zero-order chi connectivity index (χ0) is 21.6. The molecule has 0 spiro atoms. The van der Waals surface area contributed by atoms with Gasteiger partial charge in [-0.05, 0) is 42.5 Å². The van der Waals surface area contributed by atoms with Gasteiger partial charge in [0.2, 0.25) is 5.95 Å². The van der Waals surface area contributed by atoms with Crippen LogP contribution in [0.4, 0.5) is 19.1 Å². The molecular weight excluding hydrogens is 401 g/mol. The lowest BCUT2D eigenvalue weighted by atomic mass is 10.1.